The van der Waals surface area contributed by atoms with Gasteiger partial charge in [0.05, 0.1) is 0 Å². The summed E-state index contributed by atoms with van der Waals surface area (Å²) in [6.07, 6.45) is 0. The molecule has 0 unspecified atom stereocenters. The maximum atomic E-state index is 12.5. The van der Waals surface area contributed by atoms with E-state index in [0.717, 1.165) is 10.5 Å². The number of non-ortho nitro benzene ring substituents is 1. The fraction of sp³-hybridized carbons (Fsp3) is 0.0714. The summed E-state index contributed by atoms with van der Waals surface area (Å²) >= 11 is 4.90. The summed E-state index contributed by atoms with van der Waals surface area (Å²) in [4.78, 5) is 24.0. The third kappa shape index (κ3) is 4.31. The van der Waals surface area contributed by atoms with Gasteiger partial charge in [-0.15, -0.1) is 0 Å². The van der Waals surface area contributed by atoms with E-state index >= 15 is 0 Å². The molecule has 1 amide bonds. The van der Waals surface area contributed by atoms with Crippen molar-refractivity contribution >= 4 is 49.0 Å². The summed E-state index contributed by atoms with van der Waals surface area (Å²) in [5.74, 6) is -0.395. The summed E-state index contributed by atoms with van der Waals surface area (Å²) in [6.45, 7) is 0. The summed E-state index contributed by atoms with van der Waals surface area (Å²) in [6, 6.07) is 10.6. The number of nitro groups is 1. The molecular formula is C14H11ClGeN2O6. The number of hydrogen-bond donors (Lipinski definition) is 1. The molecule has 0 aliphatic heterocycles. The first-order valence-corrected chi connectivity index (χ1v) is 8.77. The van der Waals surface area contributed by atoms with Crippen molar-refractivity contribution < 1.29 is 23.9 Å². The van der Waals surface area contributed by atoms with E-state index in [-0.39, 0.29) is 16.3 Å². The van der Waals surface area contributed by atoms with Crippen LogP contribution >= 0.6 is 11.6 Å². The van der Waals surface area contributed by atoms with Crippen LogP contribution in [0.15, 0.2) is 42.5 Å². The first-order chi connectivity index (χ1) is 11.4. The second-order valence-corrected chi connectivity index (χ2v) is 6.99. The van der Waals surface area contributed by atoms with Crippen LogP contribution in [0.2, 0.25) is 5.02 Å². The number of rotatable bonds is 6. The first-order valence-electron chi connectivity index (χ1n) is 6.49. The van der Waals surface area contributed by atoms with Gasteiger partial charge in [0.15, 0.2) is 0 Å². The molecule has 2 aromatic rings. The van der Waals surface area contributed by atoms with Crippen LogP contribution in [-0.2, 0) is 8.95 Å². The van der Waals surface area contributed by atoms with Gasteiger partial charge in [0.1, 0.15) is 0 Å². The molecule has 10 heteroatoms. The molecule has 0 aromatic heterocycles. The Kier molecular flexibility index (Phi) is 6.29. The Morgan fingerprint density at radius 1 is 1.29 bits per heavy atom. The number of hydrogen-bond acceptors (Lipinski definition) is 6. The average Bonchev–Trinajstić information content (AvgIpc) is 2.59. The van der Waals surface area contributed by atoms with Crippen molar-refractivity contribution in [3.63, 3.8) is 0 Å². The Hall–Kier alpha value is -1.98. The van der Waals surface area contributed by atoms with E-state index in [1.807, 2.05) is 0 Å². The Morgan fingerprint density at radius 2 is 1.96 bits per heavy atom. The fourth-order valence-corrected chi connectivity index (χ4v) is 3.08. The molecule has 0 spiro atoms. The van der Waals surface area contributed by atoms with Crippen molar-refractivity contribution in [3.05, 3.63) is 63.2 Å². The van der Waals surface area contributed by atoms with Crippen molar-refractivity contribution in [3.8, 4) is 0 Å². The third-order valence-corrected chi connectivity index (χ3v) is 4.99. The van der Waals surface area contributed by atoms with Crippen LogP contribution in [0.1, 0.15) is 10.4 Å². The molecule has 0 aliphatic carbocycles. The van der Waals surface area contributed by atoms with Gasteiger partial charge in [-0.05, 0) is 0 Å². The van der Waals surface area contributed by atoms with Crippen molar-refractivity contribution in [1.82, 2.24) is 0 Å². The number of carbonyl (C=O) groups is 1. The summed E-state index contributed by atoms with van der Waals surface area (Å²) in [7, 11) is 1.57. The predicted molar refractivity (Wildman–Crippen MR) is 87.5 cm³/mol. The average molecular weight is 411 g/mol. The molecule has 2 rings (SSSR count). The third-order valence-electron chi connectivity index (χ3n) is 3.15. The van der Waals surface area contributed by atoms with Gasteiger partial charge >= 0.3 is 148 Å². The number of carbonyl (C=O) groups excluding carboxylic acids is 1. The Morgan fingerprint density at radius 3 is 2.50 bits per heavy atom. The Balaban J connectivity index is 2.18. The van der Waals surface area contributed by atoms with Gasteiger partial charge in [0.25, 0.3) is 0 Å². The summed E-state index contributed by atoms with van der Waals surface area (Å²) < 4.78 is 5.36. The molecule has 2 radical (unpaired) electrons. The molecular weight excluding hydrogens is 400 g/mol. The van der Waals surface area contributed by atoms with Crippen molar-refractivity contribution in [2.24, 2.45) is 0 Å². The van der Waals surface area contributed by atoms with Crippen molar-refractivity contribution in [2.45, 2.75) is 0 Å². The van der Waals surface area contributed by atoms with E-state index in [1.54, 1.807) is 31.3 Å². The molecule has 0 bridgehead atoms. The van der Waals surface area contributed by atoms with Crippen LogP contribution in [0.4, 0.5) is 11.4 Å². The molecule has 0 aliphatic rings. The minimum absolute atomic E-state index is 0.0119. The molecule has 1 N–H and O–H groups in total. The van der Waals surface area contributed by atoms with Gasteiger partial charge in [-0.3, -0.25) is 0 Å². The van der Waals surface area contributed by atoms with Crippen LogP contribution in [-0.4, -0.2) is 38.9 Å². The number of halogens is 1. The number of nitrogens with zero attached hydrogens (tertiary/aromatic N) is 2. The van der Waals surface area contributed by atoms with Crippen molar-refractivity contribution in [2.75, 3.05) is 11.9 Å². The van der Waals surface area contributed by atoms with E-state index in [9.17, 15) is 14.9 Å². The molecule has 0 atom stereocenters. The molecule has 0 fully saturated rings. The molecule has 0 saturated carbocycles. The van der Waals surface area contributed by atoms with E-state index in [4.69, 9.17) is 16.9 Å². The number of benzene rings is 2. The molecule has 0 heterocycles. The SMILES string of the molecule is CN(C(=O)c1ccc([N+](=O)[O-])cc1Cl)c1cc[c]([Ge][O]OO)cc1. The van der Waals surface area contributed by atoms with Gasteiger partial charge in [0, 0.05) is 0 Å². The predicted octanol–water partition coefficient (Wildman–Crippen LogP) is 2.19. The van der Waals surface area contributed by atoms with Crippen LogP contribution in [0, 0.1) is 10.1 Å². The second-order valence-electron chi connectivity index (χ2n) is 4.59. The topological polar surface area (TPSA) is 102 Å². The quantitative estimate of drug-likeness (QED) is 0.338. The Labute approximate surface area is 148 Å². The zero-order valence-corrected chi connectivity index (χ0v) is 15.2. The van der Waals surface area contributed by atoms with Crippen LogP contribution in [0.3, 0.4) is 0 Å². The van der Waals surface area contributed by atoms with E-state index in [2.05, 4.69) is 8.95 Å². The molecule has 24 heavy (non-hydrogen) atoms. The molecule has 8 nitrogen and oxygen atoms in total. The van der Waals surface area contributed by atoms with E-state index in [0.29, 0.717) is 5.69 Å². The number of amides is 1. The Bertz CT molecular complexity index is 755. The standard InChI is InChI=1S/C14H11ClGeN2O6/c1-17(10-4-2-9(3-5-10)16-23-24-22)14(19)12-7-6-11(18(20)21)8-13(12)15/h2-8,22H,1H3. The molecule has 0 saturated heterocycles. The second kappa shape index (κ2) is 8.22. The van der Waals surface area contributed by atoms with Crippen molar-refractivity contribution in [1.29, 1.82) is 0 Å². The summed E-state index contributed by atoms with van der Waals surface area (Å²) in [5.41, 5.74) is 0.591. The first kappa shape index (κ1) is 18.4. The van der Waals surface area contributed by atoms with Crippen LogP contribution < -0.4 is 9.30 Å². The monoisotopic (exact) mass is 412 g/mol. The zero-order chi connectivity index (χ0) is 17.7. The number of nitro benzene ring substituents is 1. The van der Waals surface area contributed by atoms with Gasteiger partial charge < -0.3 is 0 Å². The molecule has 2 aromatic carbocycles. The van der Waals surface area contributed by atoms with Gasteiger partial charge in [-0.2, -0.15) is 0 Å². The normalized spacial score (nSPS) is 10.5. The van der Waals surface area contributed by atoms with Gasteiger partial charge in [-0.1, -0.05) is 0 Å². The van der Waals surface area contributed by atoms with Crippen LogP contribution in [0.25, 0.3) is 0 Å². The molecule has 124 valence electrons. The fourth-order valence-electron chi connectivity index (χ4n) is 1.91. The van der Waals surface area contributed by atoms with Crippen LogP contribution in [0.5, 0.6) is 0 Å². The van der Waals surface area contributed by atoms with E-state index < -0.39 is 26.6 Å². The minimum atomic E-state index is -1.08. The summed E-state index contributed by atoms with van der Waals surface area (Å²) in [5, 5.41) is 22.5. The van der Waals surface area contributed by atoms with Gasteiger partial charge in [0.2, 0.25) is 0 Å². The van der Waals surface area contributed by atoms with Gasteiger partial charge in [-0.25, -0.2) is 0 Å². The zero-order valence-electron chi connectivity index (χ0n) is 12.3. The maximum absolute atomic E-state index is 12.5. The number of anilines is 1. The van der Waals surface area contributed by atoms with E-state index in [1.165, 1.54) is 17.0 Å².